The van der Waals surface area contributed by atoms with Gasteiger partial charge in [-0.05, 0) is 29.8 Å². The van der Waals surface area contributed by atoms with Crippen molar-refractivity contribution in [3.05, 3.63) is 60.2 Å². The van der Waals surface area contributed by atoms with Gasteiger partial charge in [0.05, 0.1) is 0 Å². The lowest BCUT2D eigenvalue weighted by molar-refractivity contribution is -0.131. The van der Waals surface area contributed by atoms with E-state index in [9.17, 15) is 14.4 Å². The number of benzene rings is 2. The third-order valence-electron chi connectivity index (χ3n) is 3.72. The molecule has 2 aromatic rings. The molecule has 3 amide bonds. The van der Waals surface area contributed by atoms with E-state index in [4.69, 9.17) is 4.74 Å². The van der Waals surface area contributed by atoms with Crippen LogP contribution in [0.1, 0.15) is 12.0 Å². The number of hydrogen-bond donors (Lipinski definition) is 3. The van der Waals surface area contributed by atoms with Crippen LogP contribution in [0.15, 0.2) is 54.6 Å². The molecule has 0 aromatic heterocycles. The van der Waals surface area contributed by atoms with Crippen molar-refractivity contribution in [2.75, 3.05) is 5.32 Å². The largest absolute Gasteiger partial charge is 0.489 e. The molecule has 7 heteroatoms. The molecule has 7 nitrogen and oxygen atoms in total. The van der Waals surface area contributed by atoms with Crippen LogP contribution in [-0.2, 0) is 21.0 Å². The maximum Gasteiger partial charge on any atom is 0.251 e. The Labute approximate surface area is 144 Å². The molecule has 25 heavy (non-hydrogen) atoms. The molecule has 0 radical (unpaired) electrons. The van der Waals surface area contributed by atoms with E-state index < -0.39 is 23.6 Å². The highest BCUT2D eigenvalue weighted by Crippen LogP contribution is 2.18. The summed E-state index contributed by atoms with van der Waals surface area (Å²) in [5.41, 5.74) is 6.01. The molecule has 1 saturated heterocycles. The minimum atomic E-state index is -0.992. The number of carbonyl (C=O) groups is 3. The van der Waals surface area contributed by atoms with Crippen LogP contribution in [0.2, 0.25) is 0 Å². The number of rotatable bonds is 6. The zero-order valence-corrected chi connectivity index (χ0v) is 13.3. The SMILES string of the molecule is O=C(CC1C(=O)NNC1=O)Nc1ccc(OCc2ccccc2)cc1. The van der Waals surface area contributed by atoms with E-state index in [1.54, 1.807) is 24.3 Å². The number of carbonyl (C=O) groups excluding carboxylic acids is 3. The maximum atomic E-state index is 12.0. The fourth-order valence-electron chi connectivity index (χ4n) is 2.37. The Morgan fingerprint density at radius 1 is 0.960 bits per heavy atom. The molecule has 0 aliphatic carbocycles. The van der Waals surface area contributed by atoms with Crippen molar-refractivity contribution < 1.29 is 19.1 Å². The normalized spacial score (nSPS) is 13.9. The summed E-state index contributed by atoms with van der Waals surface area (Å²) < 4.78 is 5.67. The fraction of sp³-hybridized carbons (Fsp3) is 0.167. The Bertz CT molecular complexity index is 759. The summed E-state index contributed by atoms with van der Waals surface area (Å²) in [4.78, 5) is 34.8. The van der Waals surface area contributed by atoms with Gasteiger partial charge in [0.15, 0.2) is 0 Å². The van der Waals surface area contributed by atoms with E-state index in [0.717, 1.165) is 5.56 Å². The lowest BCUT2D eigenvalue weighted by Crippen LogP contribution is -2.28. The van der Waals surface area contributed by atoms with Crippen LogP contribution < -0.4 is 20.9 Å². The van der Waals surface area contributed by atoms with E-state index in [2.05, 4.69) is 16.2 Å². The molecule has 0 bridgehead atoms. The third-order valence-corrected chi connectivity index (χ3v) is 3.72. The van der Waals surface area contributed by atoms with Crippen LogP contribution in [0.3, 0.4) is 0 Å². The Kier molecular flexibility index (Phi) is 4.94. The molecule has 128 valence electrons. The van der Waals surface area contributed by atoms with Gasteiger partial charge in [-0.25, -0.2) is 0 Å². The standard InChI is InChI=1S/C18H17N3O4/c22-16(10-15-17(23)20-21-18(15)24)19-13-6-8-14(9-7-13)25-11-12-4-2-1-3-5-12/h1-9,15H,10-11H2,(H,19,22)(H,20,23)(H,21,24). The molecule has 0 spiro atoms. The summed E-state index contributed by atoms with van der Waals surface area (Å²) in [7, 11) is 0. The number of ether oxygens (including phenoxy) is 1. The minimum absolute atomic E-state index is 0.204. The average molecular weight is 339 g/mol. The summed E-state index contributed by atoms with van der Waals surface area (Å²) >= 11 is 0. The third kappa shape index (κ3) is 4.35. The second-order valence-electron chi connectivity index (χ2n) is 5.58. The zero-order valence-electron chi connectivity index (χ0n) is 13.3. The van der Waals surface area contributed by atoms with E-state index in [1.165, 1.54) is 0 Å². The second-order valence-corrected chi connectivity index (χ2v) is 5.58. The van der Waals surface area contributed by atoms with Crippen molar-refractivity contribution in [1.82, 2.24) is 10.9 Å². The lowest BCUT2D eigenvalue weighted by atomic mass is 10.1. The average Bonchev–Trinajstić information content (AvgIpc) is 2.94. The highest BCUT2D eigenvalue weighted by Gasteiger charge is 2.34. The van der Waals surface area contributed by atoms with Gasteiger partial charge in [-0.15, -0.1) is 0 Å². The van der Waals surface area contributed by atoms with Crippen molar-refractivity contribution in [2.24, 2.45) is 5.92 Å². The second kappa shape index (κ2) is 7.48. The number of nitrogens with one attached hydrogen (secondary N) is 3. The molecule has 0 atom stereocenters. The maximum absolute atomic E-state index is 12.0. The lowest BCUT2D eigenvalue weighted by Gasteiger charge is -2.09. The molecule has 1 heterocycles. The van der Waals surface area contributed by atoms with E-state index in [-0.39, 0.29) is 6.42 Å². The molecule has 3 N–H and O–H groups in total. The highest BCUT2D eigenvalue weighted by molar-refractivity contribution is 6.08. The van der Waals surface area contributed by atoms with Gasteiger partial charge in [0, 0.05) is 12.1 Å². The summed E-state index contributed by atoms with van der Waals surface area (Å²) in [6.45, 7) is 0.457. The van der Waals surface area contributed by atoms with Gasteiger partial charge >= 0.3 is 0 Å². The zero-order chi connectivity index (χ0) is 17.6. The Morgan fingerprint density at radius 3 is 2.24 bits per heavy atom. The minimum Gasteiger partial charge on any atom is -0.489 e. The van der Waals surface area contributed by atoms with Gasteiger partial charge in [0.2, 0.25) is 5.91 Å². The first-order valence-corrected chi connectivity index (χ1v) is 7.78. The molecule has 1 fully saturated rings. The van der Waals surface area contributed by atoms with Gasteiger partial charge in [-0.2, -0.15) is 0 Å². The number of anilines is 1. The van der Waals surface area contributed by atoms with Crippen molar-refractivity contribution in [2.45, 2.75) is 13.0 Å². The molecule has 1 aliphatic rings. The molecule has 1 aliphatic heterocycles. The van der Waals surface area contributed by atoms with Crippen LogP contribution in [0.5, 0.6) is 5.75 Å². The van der Waals surface area contributed by atoms with Gasteiger partial charge < -0.3 is 10.1 Å². The van der Waals surface area contributed by atoms with Crippen LogP contribution in [0.4, 0.5) is 5.69 Å². The smallest absolute Gasteiger partial charge is 0.251 e. The Balaban J connectivity index is 1.51. The number of hydrogen-bond acceptors (Lipinski definition) is 4. The molecular weight excluding hydrogens is 322 g/mol. The van der Waals surface area contributed by atoms with Crippen LogP contribution in [0.25, 0.3) is 0 Å². The van der Waals surface area contributed by atoms with Crippen molar-refractivity contribution in [3.8, 4) is 5.75 Å². The Morgan fingerprint density at radius 2 is 1.60 bits per heavy atom. The van der Waals surface area contributed by atoms with Gasteiger partial charge in [-0.1, -0.05) is 30.3 Å². The summed E-state index contributed by atoms with van der Waals surface area (Å²) in [6, 6.07) is 16.7. The van der Waals surface area contributed by atoms with Crippen molar-refractivity contribution in [3.63, 3.8) is 0 Å². The summed E-state index contributed by atoms with van der Waals surface area (Å²) in [5.74, 6) is -1.71. The monoisotopic (exact) mass is 339 g/mol. The first-order valence-electron chi connectivity index (χ1n) is 7.78. The van der Waals surface area contributed by atoms with Gasteiger partial charge in [-0.3, -0.25) is 25.2 Å². The molecule has 0 saturated carbocycles. The van der Waals surface area contributed by atoms with E-state index in [1.807, 2.05) is 30.3 Å². The Hall–Kier alpha value is -3.35. The molecule has 0 unspecified atom stereocenters. The predicted molar refractivity (Wildman–Crippen MR) is 90.2 cm³/mol. The number of hydrazine groups is 1. The highest BCUT2D eigenvalue weighted by atomic mass is 16.5. The van der Waals surface area contributed by atoms with Crippen molar-refractivity contribution in [1.29, 1.82) is 0 Å². The van der Waals surface area contributed by atoms with Gasteiger partial charge in [0.25, 0.3) is 11.8 Å². The topological polar surface area (TPSA) is 96.5 Å². The van der Waals surface area contributed by atoms with Crippen LogP contribution in [-0.4, -0.2) is 17.7 Å². The van der Waals surface area contributed by atoms with E-state index in [0.29, 0.717) is 18.0 Å². The first-order chi connectivity index (χ1) is 12.1. The van der Waals surface area contributed by atoms with E-state index >= 15 is 0 Å². The quantitative estimate of drug-likeness (QED) is 0.693. The van der Waals surface area contributed by atoms with Crippen LogP contribution >= 0.6 is 0 Å². The van der Waals surface area contributed by atoms with Crippen LogP contribution in [0, 0.1) is 5.92 Å². The first kappa shape index (κ1) is 16.5. The fourth-order valence-corrected chi connectivity index (χ4v) is 2.37. The summed E-state index contributed by atoms with van der Waals surface area (Å²) in [6.07, 6.45) is -0.204. The number of amides is 3. The molecular formula is C18H17N3O4. The molecule has 3 rings (SSSR count). The predicted octanol–water partition coefficient (Wildman–Crippen LogP) is 1.37. The van der Waals surface area contributed by atoms with Crippen molar-refractivity contribution >= 4 is 23.4 Å². The summed E-state index contributed by atoms with van der Waals surface area (Å²) in [5, 5.41) is 2.66. The van der Waals surface area contributed by atoms with Gasteiger partial charge in [0.1, 0.15) is 18.3 Å². The molecule has 2 aromatic carbocycles.